The van der Waals surface area contributed by atoms with Crippen LogP contribution in [0.2, 0.25) is 5.02 Å². The fraction of sp³-hybridized carbons (Fsp3) is 0.263. The highest BCUT2D eigenvalue weighted by molar-refractivity contribution is 6.30. The van der Waals surface area contributed by atoms with Gasteiger partial charge in [-0.15, -0.1) is 0 Å². The summed E-state index contributed by atoms with van der Waals surface area (Å²) in [7, 11) is 0. The summed E-state index contributed by atoms with van der Waals surface area (Å²) in [6.45, 7) is 1.68. The Morgan fingerprint density at radius 2 is 1.67 bits per heavy atom. The fourth-order valence-electron chi connectivity index (χ4n) is 3.00. The zero-order valence-electron chi connectivity index (χ0n) is 14.1. The molecule has 0 saturated carbocycles. The van der Waals surface area contributed by atoms with E-state index < -0.39 is 11.7 Å². The lowest BCUT2D eigenvalue weighted by Gasteiger charge is -2.36. The van der Waals surface area contributed by atoms with Crippen LogP contribution in [0.5, 0.6) is 0 Å². The molecule has 1 saturated heterocycles. The predicted octanol–water partition coefficient (Wildman–Crippen LogP) is 4.19. The molecule has 1 aliphatic heterocycles. The molecule has 1 aliphatic rings. The Bertz CT molecular complexity index is 883. The number of halogens is 4. The number of alkyl halides is 3. The molecule has 0 aromatic heterocycles. The molecule has 4 nitrogen and oxygen atoms in total. The summed E-state index contributed by atoms with van der Waals surface area (Å²) in [6, 6.07) is 11.6. The molecule has 0 radical (unpaired) electrons. The van der Waals surface area contributed by atoms with E-state index >= 15 is 0 Å². The van der Waals surface area contributed by atoms with E-state index in [-0.39, 0.29) is 11.5 Å². The van der Waals surface area contributed by atoms with Crippen LogP contribution < -0.4 is 4.90 Å². The first-order chi connectivity index (χ1) is 12.8. The number of carbonyl (C=O) groups is 1. The minimum Gasteiger partial charge on any atom is -0.367 e. The molecule has 0 aliphatic carbocycles. The first kappa shape index (κ1) is 19.1. The van der Waals surface area contributed by atoms with Crippen LogP contribution in [-0.4, -0.2) is 37.0 Å². The minimum absolute atomic E-state index is 0.0256. The van der Waals surface area contributed by atoms with Gasteiger partial charge >= 0.3 is 6.18 Å². The third-order valence-electron chi connectivity index (χ3n) is 4.44. The van der Waals surface area contributed by atoms with Gasteiger partial charge in [-0.25, -0.2) is 0 Å². The van der Waals surface area contributed by atoms with Crippen LogP contribution in [0.4, 0.5) is 18.9 Å². The van der Waals surface area contributed by atoms with Gasteiger partial charge in [-0.1, -0.05) is 11.6 Å². The van der Waals surface area contributed by atoms with Crippen molar-refractivity contribution in [3.8, 4) is 6.07 Å². The van der Waals surface area contributed by atoms with Crippen molar-refractivity contribution in [1.82, 2.24) is 4.90 Å². The second-order valence-electron chi connectivity index (χ2n) is 6.13. The molecule has 0 bridgehead atoms. The van der Waals surface area contributed by atoms with E-state index in [0.29, 0.717) is 42.5 Å². The van der Waals surface area contributed by atoms with Crippen LogP contribution in [0.25, 0.3) is 0 Å². The molecule has 27 heavy (non-hydrogen) atoms. The summed E-state index contributed by atoms with van der Waals surface area (Å²) >= 11 is 5.83. The van der Waals surface area contributed by atoms with E-state index in [4.69, 9.17) is 11.6 Å². The molecule has 1 amide bonds. The summed E-state index contributed by atoms with van der Waals surface area (Å²) in [5.74, 6) is -0.126. The van der Waals surface area contributed by atoms with Gasteiger partial charge < -0.3 is 9.80 Å². The van der Waals surface area contributed by atoms with Gasteiger partial charge in [0.05, 0.1) is 16.8 Å². The van der Waals surface area contributed by atoms with Crippen LogP contribution in [0.1, 0.15) is 21.5 Å². The quantitative estimate of drug-likeness (QED) is 0.768. The van der Waals surface area contributed by atoms with E-state index in [1.54, 1.807) is 29.2 Å². The molecule has 0 spiro atoms. The number of piperazine rings is 1. The van der Waals surface area contributed by atoms with Crippen molar-refractivity contribution in [3.05, 3.63) is 64.2 Å². The summed E-state index contributed by atoms with van der Waals surface area (Å²) in [6.07, 6.45) is -4.49. The lowest BCUT2D eigenvalue weighted by molar-refractivity contribution is -0.137. The summed E-state index contributed by atoms with van der Waals surface area (Å²) in [5.41, 5.74) is 0.103. The van der Waals surface area contributed by atoms with Crippen molar-refractivity contribution in [2.24, 2.45) is 0 Å². The number of benzene rings is 2. The maximum absolute atomic E-state index is 12.8. The smallest absolute Gasteiger partial charge is 0.367 e. The Balaban J connectivity index is 1.71. The van der Waals surface area contributed by atoms with Crippen LogP contribution in [0.15, 0.2) is 42.5 Å². The third-order valence-corrected chi connectivity index (χ3v) is 4.70. The second-order valence-corrected chi connectivity index (χ2v) is 6.56. The fourth-order valence-corrected chi connectivity index (χ4v) is 3.13. The van der Waals surface area contributed by atoms with Crippen molar-refractivity contribution < 1.29 is 18.0 Å². The number of amides is 1. The Kier molecular flexibility index (Phi) is 5.29. The van der Waals surface area contributed by atoms with Crippen molar-refractivity contribution in [1.29, 1.82) is 5.26 Å². The summed E-state index contributed by atoms with van der Waals surface area (Å²) in [5, 5.41) is 9.78. The highest BCUT2D eigenvalue weighted by atomic mass is 35.5. The number of nitrogens with zero attached hydrogens (tertiary/aromatic N) is 3. The lowest BCUT2D eigenvalue weighted by Crippen LogP contribution is -2.49. The maximum atomic E-state index is 12.8. The molecule has 0 unspecified atom stereocenters. The summed E-state index contributed by atoms with van der Waals surface area (Å²) < 4.78 is 38.5. The topological polar surface area (TPSA) is 47.3 Å². The third kappa shape index (κ3) is 4.17. The second kappa shape index (κ2) is 7.49. The van der Waals surface area contributed by atoms with Crippen molar-refractivity contribution >= 4 is 23.2 Å². The SMILES string of the molecule is N#Cc1cc(C(F)(F)F)ccc1N1CCN(C(=O)c2ccc(Cl)cc2)CC1. The normalized spacial score (nSPS) is 14.8. The highest BCUT2D eigenvalue weighted by Gasteiger charge is 2.32. The van der Waals surface area contributed by atoms with Crippen molar-refractivity contribution in [2.75, 3.05) is 31.1 Å². The van der Waals surface area contributed by atoms with Gasteiger partial charge in [0, 0.05) is 36.8 Å². The average molecular weight is 394 g/mol. The number of hydrogen-bond acceptors (Lipinski definition) is 3. The Morgan fingerprint density at radius 1 is 1.04 bits per heavy atom. The number of hydrogen-bond donors (Lipinski definition) is 0. The molecule has 8 heteroatoms. The van der Waals surface area contributed by atoms with Crippen molar-refractivity contribution in [3.63, 3.8) is 0 Å². The van der Waals surface area contributed by atoms with Gasteiger partial charge in [0.1, 0.15) is 6.07 Å². The monoisotopic (exact) mass is 393 g/mol. The van der Waals surface area contributed by atoms with Crippen LogP contribution in [0, 0.1) is 11.3 Å². The minimum atomic E-state index is -4.49. The van der Waals surface area contributed by atoms with Crippen LogP contribution in [-0.2, 0) is 6.18 Å². The number of carbonyl (C=O) groups excluding carboxylic acids is 1. The molecule has 1 fully saturated rings. The molecule has 140 valence electrons. The number of anilines is 1. The Morgan fingerprint density at radius 3 is 2.22 bits per heavy atom. The van der Waals surface area contributed by atoms with E-state index in [1.165, 1.54) is 6.07 Å². The molecular weight excluding hydrogens is 379 g/mol. The van der Waals surface area contributed by atoms with Gasteiger partial charge in [-0.3, -0.25) is 4.79 Å². The lowest BCUT2D eigenvalue weighted by atomic mass is 10.1. The average Bonchev–Trinajstić information content (AvgIpc) is 2.67. The molecule has 0 atom stereocenters. The highest BCUT2D eigenvalue weighted by Crippen LogP contribution is 2.33. The molecule has 2 aromatic rings. The zero-order valence-corrected chi connectivity index (χ0v) is 14.9. The van der Waals surface area contributed by atoms with Crippen LogP contribution in [0.3, 0.4) is 0 Å². The largest absolute Gasteiger partial charge is 0.416 e. The van der Waals surface area contributed by atoms with E-state index in [9.17, 15) is 23.2 Å². The molecule has 1 heterocycles. The predicted molar refractivity (Wildman–Crippen MR) is 95.7 cm³/mol. The van der Waals surface area contributed by atoms with Gasteiger partial charge in [-0.2, -0.15) is 18.4 Å². The molecule has 0 N–H and O–H groups in total. The van der Waals surface area contributed by atoms with Gasteiger partial charge in [0.15, 0.2) is 0 Å². The van der Waals surface area contributed by atoms with E-state index in [0.717, 1.165) is 12.1 Å². The van der Waals surface area contributed by atoms with Gasteiger partial charge in [0.2, 0.25) is 0 Å². The van der Waals surface area contributed by atoms with Crippen molar-refractivity contribution in [2.45, 2.75) is 6.18 Å². The first-order valence-electron chi connectivity index (χ1n) is 8.21. The number of nitriles is 1. The Labute approximate surface area is 159 Å². The summed E-state index contributed by atoms with van der Waals surface area (Å²) in [4.78, 5) is 16.0. The molecular formula is C19H15ClF3N3O. The number of rotatable bonds is 2. The van der Waals surface area contributed by atoms with Crippen LogP contribution >= 0.6 is 11.6 Å². The van der Waals surface area contributed by atoms with E-state index in [1.807, 2.05) is 11.0 Å². The maximum Gasteiger partial charge on any atom is 0.416 e. The first-order valence-corrected chi connectivity index (χ1v) is 8.58. The Hall–Kier alpha value is -2.72. The molecule has 2 aromatic carbocycles. The molecule has 3 rings (SSSR count). The van der Waals surface area contributed by atoms with Gasteiger partial charge in [0.25, 0.3) is 5.91 Å². The zero-order chi connectivity index (χ0) is 19.6. The van der Waals surface area contributed by atoms with E-state index in [2.05, 4.69) is 0 Å². The van der Waals surface area contributed by atoms with Gasteiger partial charge in [-0.05, 0) is 42.5 Å². The standard InChI is InChI=1S/C19H15ClF3N3O/c20-16-4-1-13(2-5-16)18(27)26-9-7-25(8-10-26)17-6-3-15(19(21,22)23)11-14(17)12-24/h1-6,11H,7-10H2.